The van der Waals surface area contributed by atoms with Crippen LogP contribution in [-0.2, 0) is 4.74 Å². The van der Waals surface area contributed by atoms with E-state index in [9.17, 15) is 9.59 Å². The molecule has 1 aromatic heterocycles. The van der Waals surface area contributed by atoms with Gasteiger partial charge in [0.1, 0.15) is 6.26 Å². The Morgan fingerprint density at radius 1 is 1.32 bits per heavy atom. The van der Waals surface area contributed by atoms with Crippen LogP contribution in [0.3, 0.4) is 0 Å². The number of ether oxygens (including phenoxy) is 1. The standard InChI is InChI=1S/C15H23N3O4/c1-17(2)15(20)18(13-4-9-21-10-5-13)7-6-16-14(19)12-3-8-22-11-12/h3,8,11,13H,4-7,9-10H2,1-2H3,(H,16,19). The van der Waals surface area contributed by atoms with Crippen molar-refractivity contribution in [1.29, 1.82) is 0 Å². The average Bonchev–Trinajstić information content (AvgIpc) is 3.06. The number of carbonyl (C=O) groups is 2. The van der Waals surface area contributed by atoms with Crippen LogP contribution in [0.2, 0.25) is 0 Å². The van der Waals surface area contributed by atoms with Crippen molar-refractivity contribution in [3.05, 3.63) is 24.2 Å². The van der Waals surface area contributed by atoms with Crippen LogP contribution in [0.5, 0.6) is 0 Å². The van der Waals surface area contributed by atoms with Crippen molar-refractivity contribution in [3.63, 3.8) is 0 Å². The molecule has 1 saturated heterocycles. The normalized spacial score (nSPS) is 15.4. The summed E-state index contributed by atoms with van der Waals surface area (Å²) < 4.78 is 10.2. The lowest BCUT2D eigenvalue weighted by molar-refractivity contribution is 0.0415. The molecule has 7 nitrogen and oxygen atoms in total. The molecule has 0 radical (unpaired) electrons. The highest BCUT2D eigenvalue weighted by molar-refractivity contribution is 5.93. The van der Waals surface area contributed by atoms with Gasteiger partial charge in [-0.05, 0) is 18.9 Å². The summed E-state index contributed by atoms with van der Waals surface area (Å²) in [5.74, 6) is -0.196. The molecule has 122 valence electrons. The number of hydrogen-bond donors (Lipinski definition) is 1. The summed E-state index contributed by atoms with van der Waals surface area (Å²) in [5.41, 5.74) is 0.483. The van der Waals surface area contributed by atoms with E-state index < -0.39 is 0 Å². The molecule has 2 heterocycles. The lowest BCUT2D eigenvalue weighted by Gasteiger charge is -2.36. The van der Waals surface area contributed by atoms with Crippen LogP contribution >= 0.6 is 0 Å². The SMILES string of the molecule is CN(C)C(=O)N(CCNC(=O)c1ccoc1)C1CCOCC1. The van der Waals surface area contributed by atoms with Crippen LogP contribution < -0.4 is 5.32 Å². The summed E-state index contributed by atoms with van der Waals surface area (Å²) in [6.45, 7) is 2.22. The lowest BCUT2D eigenvalue weighted by atomic mass is 10.1. The summed E-state index contributed by atoms with van der Waals surface area (Å²) >= 11 is 0. The molecular formula is C15H23N3O4. The maximum Gasteiger partial charge on any atom is 0.319 e. The van der Waals surface area contributed by atoms with Gasteiger partial charge in [0.2, 0.25) is 0 Å². The van der Waals surface area contributed by atoms with E-state index in [0.717, 1.165) is 12.8 Å². The summed E-state index contributed by atoms with van der Waals surface area (Å²) in [6, 6.07) is 1.73. The highest BCUT2D eigenvalue weighted by Crippen LogP contribution is 2.15. The molecule has 0 aromatic carbocycles. The number of rotatable bonds is 5. The van der Waals surface area contributed by atoms with Crippen molar-refractivity contribution in [2.45, 2.75) is 18.9 Å². The van der Waals surface area contributed by atoms with Crippen molar-refractivity contribution in [2.24, 2.45) is 0 Å². The molecule has 1 aliphatic heterocycles. The van der Waals surface area contributed by atoms with Crippen LogP contribution in [0.1, 0.15) is 23.2 Å². The first-order chi connectivity index (χ1) is 10.6. The zero-order valence-electron chi connectivity index (χ0n) is 13.1. The fourth-order valence-corrected chi connectivity index (χ4v) is 2.47. The van der Waals surface area contributed by atoms with Crippen LogP contribution in [0.15, 0.2) is 23.0 Å². The minimum atomic E-state index is -0.196. The zero-order chi connectivity index (χ0) is 15.9. The van der Waals surface area contributed by atoms with Crippen LogP contribution in [0, 0.1) is 0 Å². The molecule has 1 fully saturated rings. The topological polar surface area (TPSA) is 75.0 Å². The van der Waals surface area contributed by atoms with Gasteiger partial charge in [-0.2, -0.15) is 0 Å². The van der Waals surface area contributed by atoms with Crippen molar-refractivity contribution in [1.82, 2.24) is 15.1 Å². The Balaban J connectivity index is 1.88. The van der Waals surface area contributed by atoms with E-state index in [1.807, 2.05) is 4.90 Å². The Kier molecular flexibility index (Phi) is 5.83. The fourth-order valence-electron chi connectivity index (χ4n) is 2.47. The van der Waals surface area contributed by atoms with Crippen LogP contribution in [0.4, 0.5) is 4.79 Å². The molecule has 1 N–H and O–H groups in total. The minimum Gasteiger partial charge on any atom is -0.472 e. The third-order valence-corrected chi connectivity index (χ3v) is 3.68. The Labute approximate surface area is 130 Å². The van der Waals surface area contributed by atoms with Gasteiger partial charge in [0.25, 0.3) is 5.91 Å². The number of carbonyl (C=O) groups excluding carboxylic acids is 2. The first kappa shape index (κ1) is 16.4. The van der Waals surface area contributed by atoms with Gasteiger partial charge in [0.15, 0.2) is 0 Å². The van der Waals surface area contributed by atoms with Gasteiger partial charge in [0.05, 0.1) is 11.8 Å². The monoisotopic (exact) mass is 309 g/mol. The maximum absolute atomic E-state index is 12.3. The molecule has 0 atom stereocenters. The predicted octanol–water partition coefficient (Wildman–Crippen LogP) is 1.17. The molecule has 1 aromatic rings. The highest BCUT2D eigenvalue weighted by atomic mass is 16.5. The average molecular weight is 309 g/mol. The van der Waals surface area contributed by atoms with Gasteiger partial charge < -0.3 is 24.3 Å². The first-order valence-electron chi connectivity index (χ1n) is 7.45. The van der Waals surface area contributed by atoms with E-state index >= 15 is 0 Å². The second-order valence-corrected chi connectivity index (χ2v) is 5.48. The quantitative estimate of drug-likeness (QED) is 0.886. The van der Waals surface area contributed by atoms with Gasteiger partial charge in [-0.25, -0.2) is 4.79 Å². The molecule has 1 aliphatic rings. The molecule has 2 rings (SSSR count). The number of nitrogens with zero attached hydrogens (tertiary/aromatic N) is 2. The number of nitrogens with one attached hydrogen (secondary N) is 1. The van der Waals surface area contributed by atoms with E-state index in [4.69, 9.17) is 9.15 Å². The number of furan rings is 1. The largest absolute Gasteiger partial charge is 0.472 e. The Hall–Kier alpha value is -2.02. The van der Waals surface area contributed by atoms with E-state index in [1.165, 1.54) is 12.5 Å². The summed E-state index contributed by atoms with van der Waals surface area (Å²) in [6.07, 6.45) is 4.51. The highest BCUT2D eigenvalue weighted by Gasteiger charge is 2.26. The number of amides is 3. The number of urea groups is 1. The second kappa shape index (κ2) is 7.84. The van der Waals surface area contributed by atoms with Gasteiger partial charge in [0, 0.05) is 46.4 Å². The van der Waals surface area contributed by atoms with Gasteiger partial charge in [-0.3, -0.25) is 4.79 Å². The molecule has 0 unspecified atom stereocenters. The Bertz CT molecular complexity index is 481. The Morgan fingerprint density at radius 2 is 2.05 bits per heavy atom. The van der Waals surface area contributed by atoms with Crippen LogP contribution in [0.25, 0.3) is 0 Å². The van der Waals surface area contributed by atoms with Crippen molar-refractivity contribution in [3.8, 4) is 0 Å². The van der Waals surface area contributed by atoms with Crippen LogP contribution in [-0.4, -0.2) is 68.2 Å². The molecule has 7 heteroatoms. The van der Waals surface area contributed by atoms with E-state index in [2.05, 4.69) is 5.32 Å². The molecular weight excluding hydrogens is 286 g/mol. The lowest BCUT2D eigenvalue weighted by Crippen LogP contribution is -2.50. The minimum absolute atomic E-state index is 0.0375. The summed E-state index contributed by atoms with van der Waals surface area (Å²) in [7, 11) is 3.47. The third-order valence-electron chi connectivity index (χ3n) is 3.68. The van der Waals surface area contributed by atoms with Gasteiger partial charge in [-0.15, -0.1) is 0 Å². The smallest absolute Gasteiger partial charge is 0.319 e. The Morgan fingerprint density at radius 3 is 2.64 bits per heavy atom. The third kappa shape index (κ3) is 4.24. The fraction of sp³-hybridized carbons (Fsp3) is 0.600. The van der Waals surface area contributed by atoms with Crippen molar-refractivity contribution < 1.29 is 18.7 Å². The molecule has 0 aliphatic carbocycles. The molecule has 0 bridgehead atoms. The summed E-state index contributed by atoms with van der Waals surface area (Å²) in [4.78, 5) is 27.6. The first-order valence-corrected chi connectivity index (χ1v) is 7.45. The van der Waals surface area contributed by atoms with Crippen molar-refractivity contribution in [2.75, 3.05) is 40.4 Å². The zero-order valence-corrected chi connectivity index (χ0v) is 13.1. The molecule has 22 heavy (non-hydrogen) atoms. The van der Waals surface area contributed by atoms with Crippen molar-refractivity contribution >= 4 is 11.9 Å². The number of hydrogen-bond acceptors (Lipinski definition) is 4. The van der Waals surface area contributed by atoms with E-state index in [-0.39, 0.29) is 18.0 Å². The molecule has 3 amide bonds. The predicted molar refractivity (Wildman–Crippen MR) is 80.7 cm³/mol. The molecule has 0 saturated carbocycles. The van der Waals surface area contributed by atoms with E-state index in [0.29, 0.717) is 31.9 Å². The molecule has 0 spiro atoms. The van der Waals surface area contributed by atoms with Gasteiger partial charge in [-0.1, -0.05) is 0 Å². The van der Waals surface area contributed by atoms with E-state index in [1.54, 1.807) is 25.1 Å². The maximum atomic E-state index is 12.3. The second-order valence-electron chi connectivity index (χ2n) is 5.48. The van der Waals surface area contributed by atoms with Gasteiger partial charge >= 0.3 is 6.03 Å². The summed E-state index contributed by atoms with van der Waals surface area (Å²) in [5, 5.41) is 2.81.